The van der Waals surface area contributed by atoms with E-state index in [0.29, 0.717) is 13.0 Å². The minimum Gasteiger partial charge on any atom is -0.352 e. The molecule has 0 saturated carbocycles. The fraction of sp³-hybridized carbons (Fsp3) is 0.533. The summed E-state index contributed by atoms with van der Waals surface area (Å²) in [5, 5.41) is 1.13. The summed E-state index contributed by atoms with van der Waals surface area (Å²) in [6.07, 6.45) is 3.09. The molecule has 1 saturated heterocycles. The van der Waals surface area contributed by atoms with Crippen molar-refractivity contribution in [3.63, 3.8) is 0 Å². The molecule has 1 aliphatic heterocycles. The maximum atomic E-state index is 11.9. The summed E-state index contributed by atoms with van der Waals surface area (Å²) in [4.78, 5) is 27.3. The number of carbonyl (C=O) groups is 1. The van der Waals surface area contributed by atoms with Gasteiger partial charge in [0.1, 0.15) is 17.0 Å². The van der Waals surface area contributed by atoms with Crippen LogP contribution in [0.3, 0.4) is 0 Å². The molecule has 7 heteroatoms. The number of aromatic nitrogens is 2. The number of nitrogens with zero attached hydrogens (tertiary/aromatic N) is 4. The van der Waals surface area contributed by atoms with E-state index in [4.69, 9.17) is 5.73 Å². The fourth-order valence-corrected chi connectivity index (χ4v) is 3.70. The van der Waals surface area contributed by atoms with E-state index in [9.17, 15) is 4.79 Å². The summed E-state index contributed by atoms with van der Waals surface area (Å²) in [7, 11) is 0. The van der Waals surface area contributed by atoms with Crippen LogP contribution < -0.4 is 10.6 Å². The number of hydrogen-bond acceptors (Lipinski definition) is 6. The molecule has 6 nitrogen and oxygen atoms in total. The largest absolute Gasteiger partial charge is 0.352 e. The zero-order chi connectivity index (χ0) is 15.5. The van der Waals surface area contributed by atoms with Gasteiger partial charge in [0.25, 0.3) is 0 Å². The summed E-state index contributed by atoms with van der Waals surface area (Å²) in [5.74, 6) is 1.14. The zero-order valence-corrected chi connectivity index (χ0v) is 13.6. The first kappa shape index (κ1) is 15.2. The third kappa shape index (κ3) is 2.91. The zero-order valence-electron chi connectivity index (χ0n) is 12.8. The standard InChI is InChI=1S/C15H21N5OS/c1-2-11-9-12-14(17-10-18-15(12)22-11)20-7-5-19(6-8-20)13(21)3-4-16/h9-10H,2-8,16H2,1H3. The van der Waals surface area contributed by atoms with E-state index in [2.05, 4.69) is 27.9 Å². The molecule has 0 aromatic carbocycles. The number of aryl methyl sites for hydroxylation is 1. The summed E-state index contributed by atoms with van der Waals surface area (Å²) in [5.41, 5.74) is 5.46. The Hall–Kier alpha value is -1.73. The average Bonchev–Trinajstić information content (AvgIpc) is 2.98. The van der Waals surface area contributed by atoms with E-state index < -0.39 is 0 Å². The van der Waals surface area contributed by atoms with Gasteiger partial charge >= 0.3 is 0 Å². The van der Waals surface area contributed by atoms with Crippen molar-refractivity contribution in [2.24, 2.45) is 5.73 Å². The first-order valence-electron chi connectivity index (χ1n) is 7.69. The highest BCUT2D eigenvalue weighted by molar-refractivity contribution is 7.18. The molecule has 0 aliphatic carbocycles. The smallest absolute Gasteiger partial charge is 0.223 e. The van der Waals surface area contributed by atoms with Crippen molar-refractivity contribution >= 4 is 33.3 Å². The molecule has 2 N–H and O–H groups in total. The second-order valence-electron chi connectivity index (χ2n) is 5.39. The van der Waals surface area contributed by atoms with Crippen LogP contribution in [0.1, 0.15) is 18.2 Å². The van der Waals surface area contributed by atoms with Gasteiger partial charge in [-0.25, -0.2) is 9.97 Å². The summed E-state index contributed by atoms with van der Waals surface area (Å²) >= 11 is 1.73. The molecule has 0 radical (unpaired) electrons. The van der Waals surface area contributed by atoms with Crippen molar-refractivity contribution in [1.29, 1.82) is 0 Å². The Kier molecular flexibility index (Phi) is 4.54. The van der Waals surface area contributed by atoms with Crippen molar-refractivity contribution in [3.8, 4) is 0 Å². The number of rotatable bonds is 4. The SMILES string of the molecule is CCc1cc2c(N3CCN(C(=O)CCN)CC3)ncnc2s1. The molecule has 22 heavy (non-hydrogen) atoms. The lowest BCUT2D eigenvalue weighted by atomic mass is 10.2. The number of fused-ring (bicyclic) bond motifs is 1. The molecule has 3 rings (SSSR count). The summed E-state index contributed by atoms with van der Waals surface area (Å²) in [6, 6.07) is 2.20. The highest BCUT2D eigenvalue weighted by Crippen LogP contribution is 2.30. The van der Waals surface area contributed by atoms with Crippen LogP contribution in [-0.4, -0.2) is 53.5 Å². The first-order chi connectivity index (χ1) is 10.7. The molecular weight excluding hydrogens is 298 g/mol. The molecular formula is C15H21N5OS. The van der Waals surface area contributed by atoms with Crippen LogP contribution >= 0.6 is 11.3 Å². The maximum absolute atomic E-state index is 11.9. The van der Waals surface area contributed by atoms with Crippen LogP contribution in [0.15, 0.2) is 12.4 Å². The van der Waals surface area contributed by atoms with Gasteiger partial charge in [-0.05, 0) is 12.5 Å². The van der Waals surface area contributed by atoms with E-state index in [-0.39, 0.29) is 5.91 Å². The van der Waals surface area contributed by atoms with Crippen molar-refractivity contribution in [2.45, 2.75) is 19.8 Å². The maximum Gasteiger partial charge on any atom is 0.223 e. The monoisotopic (exact) mass is 319 g/mol. The molecule has 2 aromatic heterocycles. The van der Waals surface area contributed by atoms with Crippen LogP contribution in [0.2, 0.25) is 0 Å². The molecule has 1 fully saturated rings. The van der Waals surface area contributed by atoms with Gasteiger partial charge in [-0.2, -0.15) is 0 Å². The van der Waals surface area contributed by atoms with Gasteiger partial charge in [0, 0.05) is 44.0 Å². The van der Waals surface area contributed by atoms with Crippen molar-refractivity contribution in [1.82, 2.24) is 14.9 Å². The highest BCUT2D eigenvalue weighted by atomic mass is 32.1. The molecule has 0 atom stereocenters. The van der Waals surface area contributed by atoms with E-state index in [1.807, 2.05) is 4.90 Å². The third-order valence-corrected chi connectivity index (χ3v) is 5.19. The predicted octanol–water partition coefficient (Wildman–Crippen LogP) is 1.25. The lowest BCUT2D eigenvalue weighted by Crippen LogP contribution is -2.49. The first-order valence-corrected chi connectivity index (χ1v) is 8.50. The number of nitrogens with two attached hydrogens (primary N) is 1. The predicted molar refractivity (Wildman–Crippen MR) is 89.3 cm³/mol. The molecule has 118 valence electrons. The Morgan fingerprint density at radius 1 is 1.32 bits per heavy atom. The van der Waals surface area contributed by atoms with Gasteiger partial charge in [-0.15, -0.1) is 11.3 Å². The van der Waals surface area contributed by atoms with E-state index >= 15 is 0 Å². The van der Waals surface area contributed by atoms with E-state index in [1.54, 1.807) is 17.7 Å². The average molecular weight is 319 g/mol. The number of thiophene rings is 1. The van der Waals surface area contributed by atoms with Crippen LogP contribution in [0, 0.1) is 0 Å². The number of hydrogen-bond donors (Lipinski definition) is 1. The minimum atomic E-state index is 0.152. The molecule has 3 heterocycles. The highest BCUT2D eigenvalue weighted by Gasteiger charge is 2.23. The molecule has 0 spiro atoms. The Balaban J connectivity index is 1.76. The molecule has 1 amide bonds. The van der Waals surface area contributed by atoms with Crippen molar-refractivity contribution < 1.29 is 4.79 Å². The number of amides is 1. The normalized spacial score (nSPS) is 15.5. The number of anilines is 1. The lowest BCUT2D eigenvalue weighted by Gasteiger charge is -2.35. The summed E-state index contributed by atoms with van der Waals surface area (Å²) in [6.45, 7) is 5.64. The van der Waals surface area contributed by atoms with Gasteiger partial charge in [0.15, 0.2) is 0 Å². The van der Waals surface area contributed by atoms with Crippen molar-refractivity contribution in [2.75, 3.05) is 37.6 Å². The molecule has 0 bridgehead atoms. The minimum absolute atomic E-state index is 0.152. The van der Waals surface area contributed by atoms with Crippen LogP contribution in [0.4, 0.5) is 5.82 Å². The molecule has 1 aliphatic rings. The van der Waals surface area contributed by atoms with Gasteiger partial charge in [0.05, 0.1) is 5.39 Å². The van der Waals surface area contributed by atoms with Gasteiger partial charge < -0.3 is 15.5 Å². The Morgan fingerprint density at radius 3 is 2.77 bits per heavy atom. The molecule has 0 unspecified atom stereocenters. The molecule has 2 aromatic rings. The Labute approximate surface area is 133 Å². The third-order valence-electron chi connectivity index (χ3n) is 4.00. The van der Waals surface area contributed by atoms with Gasteiger partial charge in [-0.3, -0.25) is 4.79 Å². The Bertz CT molecular complexity index is 663. The van der Waals surface area contributed by atoms with Crippen molar-refractivity contribution in [3.05, 3.63) is 17.3 Å². The second kappa shape index (κ2) is 6.58. The summed E-state index contributed by atoms with van der Waals surface area (Å²) < 4.78 is 0. The number of piperazine rings is 1. The number of carbonyl (C=O) groups excluding carboxylic acids is 1. The topological polar surface area (TPSA) is 75.3 Å². The Morgan fingerprint density at radius 2 is 2.09 bits per heavy atom. The fourth-order valence-electron chi connectivity index (χ4n) is 2.77. The lowest BCUT2D eigenvalue weighted by molar-refractivity contribution is -0.131. The van der Waals surface area contributed by atoms with Gasteiger partial charge in [-0.1, -0.05) is 6.92 Å². The second-order valence-corrected chi connectivity index (χ2v) is 6.50. The van der Waals surface area contributed by atoms with Gasteiger partial charge in [0.2, 0.25) is 5.91 Å². The van der Waals surface area contributed by atoms with Crippen LogP contribution in [0.5, 0.6) is 0 Å². The van der Waals surface area contributed by atoms with E-state index in [1.165, 1.54) is 4.88 Å². The quantitative estimate of drug-likeness (QED) is 0.918. The van der Waals surface area contributed by atoms with E-state index in [0.717, 1.165) is 48.6 Å². The van der Waals surface area contributed by atoms with Crippen LogP contribution in [0.25, 0.3) is 10.2 Å². The van der Waals surface area contributed by atoms with Crippen LogP contribution in [-0.2, 0) is 11.2 Å².